The van der Waals surface area contributed by atoms with Gasteiger partial charge in [0.05, 0.1) is 6.61 Å². The van der Waals surface area contributed by atoms with Gasteiger partial charge in [-0.1, -0.05) is 44.3 Å². The molecule has 0 unspecified atom stereocenters. The lowest BCUT2D eigenvalue weighted by atomic mass is 10.1. The first-order valence-corrected chi connectivity index (χ1v) is 9.91. The van der Waals surface area contributed by atoms with Crippen molar-refractivity contribution in [3.8, 4) is 0 Å². The first-order chi connectivity index (χ1) is 7.92. The van der Waals surface area contributed by atoms with Crippen LogP contribution in [0.1, 0.15) is 45.4 Å². The molecule has 0 atom stereocenters. The zero-order valence-corrected chi connectivity index (χ0v) is 12.9. The highest BCUT2D eigenvalue weighted by atomic mass is 28.4. The van der Waals surface area contributed by atoms with Gasteiger partial charge in [0.25, 0.3) is 0 Å². The summed E-state index contributed by atoms with van der Waals surface area (Å²) in [5.74, 6) is 0. The summed E-state index contributed by atoms with van der Waals surface area (Å²) in [6, 6.07) is 0.828. The molecule has 0 aromatic rings. The lowest BCUT2D eigenvalue weighted by Crippen LogP contribution is -2.16. The Balaban J connectivity index is 3.06. The molecule has 0 N–H and O–H groups in total. The quantitative estimate of drug-likeness (QED) is 0.217. The average molecular weight is 260 g/mol. The average Bonchev–Trinajstić information content (AvgIpc) is 2.18. The molecule has 0 saturated carbocycles. The van der Waals surface area contributed by atoms with E-state index in [-0.39, 0.29) is 0 Å². The largest absolute Gasteiger partial charge is 0.377 e. The molecular formula is C14H29FOSi. The Morgan fingerprint density at radius 1 is 1.06 bits per heavy atom. The molecule has 1 nitrogen and oxygen atoms in total. The molecule has 0 amide bonds. The molecule has 0 aromatic heterocycles. The topological polar surface area (TPSA) is 9.23 Å². The Bertz CT molecular complexity index is 199. The number of ether oxygens (including phenoxy) is 1. The SMILES string of the molecule is C=C(C)COCCCCCCCC[Si](C)(C)F. The third-order valence-electron chi connectivity index (χ3n) is 2.66. The minimum Gasteiger partial charge on any atom is -0.377 e. The highest BCUT2D eigenvalue weighted by Crippen LogP contribution is 2.16. The monoisotopic (exact) mass is 260 g/mol. The summed E-state index contributed by atoms with van der Waals surface area (Å²) >= 11 is 0. The summed E-state index contributed by atoms with van der Waals surface area (Å²) < 4.78 is 18.7. The zero-order valence-electron chi connectivity index (χ0n) is 11.9. The van der Waals surface area contributed by atoms with Crippen molar-refractivity contribution in [2.24, 2.45) is 0 Å². The van der Waals surface area contributed by atoms with Crippen LogP contribution in [-0.2, 0) is 4.74 Å². The summed E-state index contributed by atoms with van der Waals surface area (Å²) in [5.41, 5.74) is 1.09. The predicted octanol–water partition coefficient (Wildman–Crippen LogP) is 5.09. The van der Waals surface area contributed by atoms with Crippen LogP contribution < -0.4 is 0 Å². The minimum atomic E-state index is -2.28. The van der Waals surface area contributed by atoms with Gasteiger partial charge in [0.2, 0.25) is 8.41 Å². The number of halogens is 1. The van der Waals surface area contributed by atoms with E-state index in [9.17, 15) is 4.11 Å². The Kier molecular flexibility index (Phi) is 9.75. The molecule has 17 heavy (non-hydrogen) atoms. The highest BCUT2D eigenvalue weighted by molar-refractivity contribution is 6.70. The lowest BCUT2D eigenvalue weighted by molar-refractivity contribution is 0.151. The molecule has 0 aromatic carbocycles. The normalized spacial score (nSPS) is 11.8. The molecule has 0 aliphatic carbocycles. The molecule has 3 heteroatoms. The van der Waals surface area contributed by atoms with E-state index < -0.39 is 8.41 Å². The van der Waals surface area contributed by atoms with Crippen LogP contribution in [0.5, 0.6) is 0 Å². The fraction of sp³-hybridized carbons (Fsp3) is 0.857. The number of rotatable bonds is 11. The van der Waals surface area contributed by atoms with Crippen LogP contribution >= 0.6 is 0 Å². The van der Waals surface area contributed by atoms with Gasteiger partial charge in [-0.2, -0.15) is 0 Å². The van der Waals surface area contributed by atoms with Gasteiger partial charge in [-0.05, 0) is 32.5 Å². The van der Waals surface area contributed by atoms with Crippen LogP contribution in [-0.4, -0.2) is 21.6 Å². The third-order valence-corrected chi connectivity index (χ3v) is 4.20. The smallest absolute Gasteiger partial charge is 0.240 e. The van der Waals surface area contributed by atoms with Crippen LogP contribution in [0.25, 0.3) is 0 Å². The van der Waals surface area contributed by atoms with Crippen LogP contribution in [0.2, 0.25) is 19.1 Å². The van der Waals surface area contributed by atoms with Crippen molar-refractivity contribution in [2.75, 3.05) is 13.2 Å². The van der Waals surface area contributed by atoms with Gasteiger partial charge in [0.1, 0.15) is 0 Å². The Labute approximate surface area is 108 Å². The summed E-state index contributed by atoms with van der Waals surface area (Å²) in [6.07, 6.45) is 7.12. The molecule has 0 fully saturated rings. The van der Waals surface area contributed by atoms with Crippen molar-refractivity contribution in [3.63, 3.8) is 0 Å². The minimum absolute atomic E-state index is 0.691. The van der Waals surface area contributed by atoms with Gasteiger partial charge in [-0.3, -0.25) is 0 Å². The summed E-state index contributed by atoms with van der Waals surface area (Å²) in [4.78, 5) is 0. The first-order valence-electron chi connectivity index (χ1n) is 6.83. The second-order valence-corrected chi connectivity index (χ2v) is 9.54. The first kappa shape index (κ1) is 16.8. The van der Waals surface area contributed by atoms with Gasteiger partial charge in [-0.25, -0.2) is 0 Å². The maximum absolute atomic E-state index is 13.3. The van der Waals surface area contributed by atoms with Crippen molar-refractivity contribution in [1.29, 1.82) is 0 Å². The van der Waals surface area contributed by atoms with Gasteiger partial charge < -0.3 is 8.84 Å². The zero-order chi connectivity index (χ0) is 13.1. The van der Waals surface area contributed by atoms with Crippen molar-refractivity contribution >= 4 is 8.41 Å². The Hall–Kier alpha value is -0.153. The van der Waals surface area contributed by atoms with E-state index in [0.717, 1.165) is 31.1 Å². The summed E-state index contributed by atoms with van der Waals surface area (Å²) in [6.45, 7) is 10.9. The molecule has 0 heterocycles. The van der Waals surface area contributed by atoms with Crippen LogP contribution in [0.3, 0.4) is 0 Å². The van der Waals surface area contributed by atoms with Gasteiger partial charge in [-0.15, -0.1) is 0 Å². The molecule has 0 saturated heterocycles. The Morgan fingerprint density at radius 2 is 1.59 bits per heavy atom. The second kappa shape index (κ2) is 9.83. The van der Waals surface area contributed by atoms with Crippen LogP contribution in [0.15, 0.2) is 12.2 Å². The standard InChI is InChI=1S/C14H29FOSi/c1-14(2)13-16-11-9-7-5-6-8-10-12-17(3,4)15/h1,5-13H2,2-4H3. The number of hydrogen-bond acceptors (Lipinski definition) is 1. The van der Waals surface area contributed by atoms with Gasteiger partial charge in [0, 0.05) is 6.61 Å². The van der Waals surface area contributed by atoms with E-state index in [1.54, 1.807) is 13.1 Å². The fourth-order valence-corrected chi connectivity index (χ4v) is 2.79. The molecule has 0 bridgehead atoms. The summed E-state index contributed by atoms with van der Waals surface area (Å²) in [7, 11) is -2.28. The maximum Gasteiger partial charge on any atom is 0.240 e. The fourth-order valence-electron chi connectivity index (χ4n) is 1.70. The van der Waals surface area contributed by atoms with E-state index in [0.29, 0.717) is 6.61 Å². The predicted molar refractivity (Wildman–Crippen MR) is 76.7 cm³/mol. The van der Waals surface area contributed by atoms with Crippen molar-refractivity contribution in [1.82, 2.24) is 0 Å². The van der Waals surface area contributed by atoms with E-state index in [2.05, 4.69) is 6.58 Å². The summed E-state index contributed by atoms with van der Waals surface area (Å²) in [5, 5.41) is 0. The number of unbranched alkanes of at least 4 members (excludes halogenated alkanes) is 5. The van der Waals surface area contributed by atoms with Crippen LogP contribution in [0.4, 0.5) is 4.11 Å². The molecule has 0 rings (SSSR count). The molecule has 0 radical (unpaired) electrons. The maximum atomic E-state index is 13.3. The van der Waals surface area contributed by atoms with E-state index in [1.807, 2.05) is 6.92 Å². The molecular weight excluding hydrogens is 231 g/mol. The number of hydrogen-bond donors (Lipinski definition) is 0. The van der Waals surface area contributed by atoms with Crippen molar-refractivity contribution in [2.45, 2.75) is 64.6 Å². The van der Waals surface area contributed by atoms with E-state index >= 15 is 0 Å². The van der Waals surface area contributed by atoms with Gasteiger partial charge in [0.15, 0.2) is 0 Å². The van der Waals surface area contributed by atoms with E-state index in [1.165, 1.54) is 25.7 Å². The molecule has 0 aliphatic heterocycles. The second-order valence-electron chi connectivity index (χ2n) is 5.60. The molecule has 0 aliphatic rings. The molecule has 0 spiro atoms. The molecule has 102 valence electrons. The van der Waals surface area contributed by atoms with Gasteiger partial charge >= 0.3 is 0 Å². The lowest BCUT2D eigenvalue weighted by Gasteiger charge is -2.09. The van der Waals surface area contributed by atoms with Crippen molar-refractivity contribution < 1.29 is 8.84 Å². The van der Waals surface area contributed by atoms with Crippen LogP contribution in [0, 0.1) is 0 Å². The highest BCUT2D eigenvalue weighted by Gasteiger charge is 2.18. The van der Waals surface area contributed by atoms with Crippen molar-refractivity contribution in [3.05, 3.63) is 12.2 Å². The third kappa shape index (κ3) is 15.8. The Morgan fingerprint density at radius 3 is 2.12 bits per heavy atom. The van der Waals surface area contributed by atoms with E-state index in [4.69, 9.17) is 4.74 Å².